The van der Waals surface area contributed by atoms with Gasteiger partial charge in [0.15, 0.2) is 11.3 Å². The van der Waals surface area contributed by atoms with Gasteiger partial charge in [0.05, 0.1) is 12.8 Å². The molecule has 4 heterocycles. The molecule has 0 aliphatic carbocycles. The lowest BCUT2D eigenvalue weighted by molar-refractivity contribution is 0.356. The summed E-state index contributed by atoms with van der Waals surface area (Å²) in [6, 6.07) is 11.6. The molecule has 0 amide bonds. The van der Waals surface area contributed by atoms with Crippen LogP contribution >= 0.6 is 12.4 Å². The van der Waals surface area contributed by atoms with Crippen LogP contribution in [0.4, 0.5) is 10.3 Å². The molecule has 0 spiro atoms. The van der Waals surface area contributed by atoms with Gasteiger partial charge in [0.25, 0.3) is 0 Å². The first kappa shape index (κ1) is 22.1. The van der Waals surface area contributed by atoms with Crippen molar-refractivity contribution in [1.82, 2.24) is 19.7 Å². The molecular formula is C25H22ClFN6O. The van der Waals surface area contributed by atoms with Gasteiger partial charge in [0, 0.05) is 42.4 Å². The van der Waals surface area contributed by atoms with Crippen molar-refractivity contribution >= 4 is 24.0 Å². The van der Waals surface area contributed by atoms with Gasteiger partial charge in [0.2, 0.25) is 5.95 Å². The number of hydrogen-bond donors (Lipinski definition) is 2. The standard InChI is InChI=1S/C25H21FN6O.ClH/c26-22-3-4-23-19(6-8-33-23)21(22)13-30-25-29-12-20(24-31-18(10-27)14-32(24)25)16-1-2-17-11-28-7-5-15(17)9-16;/h1-4,9,12,14,28H,5-8,11,13H2,(H,29,30);1H. The molecule has 0 bridgehead atoms. The molecule has 2 aliphatic heterocycles. The van der Waals surface area contributed by atoms with Crippen LogP contribution in [0.3, 0.4) is 0 Å². The summed E-state index contributed by atoms with van der Waals surface area (Å²) in [5.74, 6) is 0.964. The van der Waals surface area contributed by atoms with Crippen molar-refractivity contribution in [3.8, 4) is 22.9 Å². The molecule has 34 heavy (non-hydrogen) atoms. The van der Waals surface area contributed by atoms with E-state index < -0.39 is 0 Å². The molecule has 7 nitrogen and oxygen atoms in total. The fraction of sp³-hybridized carbons (Fsp3) is 0.240. The number of nitriles is 1. The lowest BCUT2D eigenvalue weighted by Crippen LogP contribution is -2.23. The quantitative estimate of drug-likeness (QED) is 0.462. The summed E-state index contributed by atoms with van der Waals surface area (Å²) in [4.78, 5) is 9.14. The van der Waals surface area contributed by atoms with Crippen LogP contribution in [0.2, 0.25) is 0 Å². The molecule has 0 saturated carbocycles. The topological polar surface area (TPSA) is 87.3 Å². The monoisotopic (exact) mass is 476 g/mol. The molecule has 0 atom stereocenters. The zero-order valence-corrected chi connectivity index (χ0v) is 19.1. The molecule has 0 fully saturated rings. The van der Waals surface area contributed by atoms with Crippen molar-refractivity contribution in [3.63, 3.8) is 0 Å². The van der Waals surface area contributed by atoms with Crippen LogP contribution < -0.4 is 15.4 Å². The van der Waals surface area contributed by atoms with E-state index in [1.165, 1.54) is 17.2 Å². The van der Waals surface area contributed by atoms with Gasteiger partial charge < -0.3 is 15.4 Å². The highest BCUT2D eigenvalue weighted by atomic mass is 35.5. The number of rotatable bonds is 4. The molecule has 0 unspecified atom stereocenters. The van der Waals surface area contributed by atoms with Crippen molar-refractivity contribution in [3.05, 3.63) is 76.5 Å². The third-order valence-corrected chi connectivity index (χ3v) is 6.37. The smallest absolute Gasteiger partial charge is 0.208 e. The number of aromatic nitrogens is 3. The first-order valence-corrected chi connectivity index (χ1v) is 11.0. The number of anilines is 1. The van der Waals surface area contributed by atoms with Crippen LogP contribution in [0.1, 0.15) is 27.9 Å². The molecule has 0 saturated heterocycles. The summed E-state index contributed by atoms with van der Waals surface area (Å²) in [6.07, 6.45) is 5.08. The number of benzene rings is 2. The van der Waals surface area contributed by atoms with Crippen LogP contribution in [-0.4, -0.2) is 27.5 Å². The van der Waals surface area contributed by atoms with E-state index in [1.807, 2.05) is 0 Å². The maximum Gasteiger partial charge on any atom is 0.208 e. The minimum atomic E-state index is -0.272. The van der Waals surface area contributed by atoms with Crippen LogP contribution in [0.25, 0.3) is 16.8 Å². The largest absolute Gasteiger partial charge is 0.493 e. The fourth-order valence-corrected chi connectivity index (χ4v) is 4.68. The molecule has 2 aromatic carbocycles. The lowest BCUT2D eigenvalue weighted by Gasteiger charge is -2.18. The van der Waals surface area contributed by atoms with Gasteiger partial charge >= 0.3 is 0 Å². The van der Waals surface area contributed by atoms with E-state index in [1.54, 1.807) is 22.9 Å². The Morgan fingerprint density at radius 1 is 1.21 bits per heavy atom. The van der Waals surface area contributed by atoms with Gasteiger partial charge in [-0.15, -0.1) is 12.4 Å². The van der Waals surface area contributed by atoms with Gasteiger partial charge in [-0.25, -0.2) is 14.4 Å². The van der Waals surface area contributed by atoms with Gasteiger partial charge in [-0.05, 0) is 41.8 Å². The van der Waals surface area contributed by atoms with Crippen molar-refractivity contribution in [2.75, 3.05) is 18.5 Å². The molecule has 6 rings (SSSR count). The van der Waals surface area contributed by atoms with Crippen molar-refractivity contribution in [2.24, 2.45) is 0 Å². The van der Waals surface area contributed by atoms with Crippen LogP contribution in [0, 0.1) is 17.1 Å². The predicted octanol–water partition coefficient (Wildman–Crippen LogP) is 4.02. The second kappa shape index (κ2) is 8.93. The average Bonchev–Trinajstić information content (AvgIpc) is 3.50. The highest BCUT2D eigenvalue weighted by Crippen LogP contribution is 2.32. The maximum absolute atomic E-state index is 14.6. The second-order valence-electron chi connectivity index (χ2n) is 8.29. The van der Waals surface area contributed by atoms with E-state index >= 15 is 0 Å². The summed E-state index contributed by atoms with van der Waals surface area (Å²) in [6.45, 7) is 2.65. The Kier molecular flexibility index (Phi) is 5.82. The fourth-order valence-electron chi connectivity index (χ4n) is 4.68. The zero-order valence-electron chi connectivity index (χ0n) is 18.3. The third kappa shape index (κ3) is 3.73. The second-order valence-corrected chi connectivity index (χ2v) is 8.29. The molecule has 9 heteroatoms. The molecule has 0 radical (unpaired) electrons. The lowest BCUT2D eigenvalue weighted by atomic mass is 9.96. The van der Waals surface area contributed by atoms with Crippen LogP contribution in [-0.2, 0) is 25.9 Å². The highest BCUT2D eigenvalue weighted by molar-refractivity contribution is 5.85. The zero-order chi connectivity index (χ0) is 22.4. The first-order valence-electron chi connectivity index (χ1n) is 11.0. The summed E-state index contributed by atoms with van der Waals surface area (Å²) in [7, 11) is 0. The number of ether oxygens (including phenoxy) is 1. The molecule has 4 aromatic rings. The minimum Gasteiger partial charge on any atom is -0.493 e. The SMILES string of the molecule is Cl.N#Cc1cn2c(NCc3c(F)ccc4c3CCO4)ncc(-c3ccc4c(c3)CCNC4)c2n1. The Morgan fingerprint density at radius 2 is 2.12 bits per heavy atom. The number of fused-ring (bicyclic) bond motifs is 3. The van der Waals surface area contributed by atoms with Crippen LogP contribution in [0.5, 0.6) is 5.75 Å². The van der Waals surface area contributed by atoms with Crippen molar-refractivity contribution in [1.29, 1.82) is 5.26 Å². The number of nitrogens with one attached hydrogen (secondary N) is 2. The Bertz CT molecular complexity index is 1440. The summed E-state index contributed by atoms with van der Waals surface area (Å²) in [5.41, 5.74) is 6.89. The number of nitrogens with zero attached hydrogens (tertiary/aromatic N) is 4. The summed E-state index contributed by atoms with van der Waals surface area (Å²) >= 11 is 0. The van der Waals surface area contributed by atoms with E-state index in [-0.39, 0.29) is 24.8 Å². The van der Waals surface area contributed by atoms with E-state index in [4.69, 9.17) is 4.74 Å². The third-order valence-electron chi connectivity index (χ3n) is 6.37. The van der Waals surface area contributed by atoms with Gasteiger partial charge in [-0.2, -0.15) is 5.26 Å². The molecule has 2 aliphatic rings. The van der Waals surface area contributed by atoms with E-state index in [0.29, 0.717) is 35.9 Å². The van der Waals surface area contributed by atoms with Crippen LogP contribution in [0.15, 0.2) is 42.7 Å². The summed E-state index contributed by atoms with van der Waals surface area (Å²) in [5, 5.41) is 16.1. The first-order chi connectivity index (χ1) is 16.2. The molecule has 2 N–H and O–H groups in total. The van der Waals surface area contributed by atoms with Crippen molar-refractivity contribution < 1.29 is 9.13 Å². The Hall–Kier alpha value is -3.67. The number of imidazole rings is 1. The maximum atomic E-state index is 14.6. The van der Waals surface area contributed by atoms with Crippen molar-refractivity contribution in [2.45, 2.75) is 25.9 Å². The highest BCUT2D eigenvalue weighted by Gasteiger charge is 2.20. The van der Waals surface area contributed by atoms with Gasteiger partial charge in [-0.3, -0.25) is 4.40 Å². The average molecular weight is 477 g/mol. The van der Waals surface area contributed by atoms with Gasteiger partial charge in [-0.1, -0.05) is 18.2 Å². The Morgan fingerprint density at radius 3 is 3.00 bits per heavy atom. The molecule has 2 aromatic heterocycles. The minimum absolute atomic E-state index is 0. The number of halogens is 2. The normalized spacial score (nSPS) is 14.0. The number of hydrogen-bond acceptors (Lipinski definition) is 6. The molecular weight excluding hydrogens is 455 g/mol. The summed E-state index contributed by atoms with van der Waals surface area (Å²) < 4.78 is 21.9. The van der Waals surface area contributed by atoms with Gasteiger partial charge in [0.1, 0.15) is 17.6 Å². The molecule has 172 valence electrons. The van der Waals surface area contributed by atoms with E-state index in [9.17, 15) is 9.65 Å². The Labute approximate surface area is 202 Å². The van der Waals surface area contributed by atoms with E-state index in [0.717, 1.165) is 42.0 Å². The Balaban J connectivity index is 0.00000241. The predicted molar refractivity (Wildman–Crippen MR) is 129 cm³/mol. The van der Waals surface area contributed by atoms with E-state index in [2.05, 4.69) is 44.9 Å².